The van der Waals surface area contributed by atoms with Crippen LogP contribution in [-0.4, -0.2) is 17.7 Å². The molecule has 0 aliphatic rings. The molecule has 0 atom stereocenters. The van der Waals surface area contributed by atoms with E-state index in [1.165, 1.54) is 6.07 Å². The number of carbonyl (C=O) groups excluding carboxylic acids is 1. The summed E-state index contributed by atoms with van der Waals surface area (Å²) in [4.78, 5) is 11.7. The molecular weight excluding hydrogens is 292 g/mol. The van der Waals surface area contributed by atoms with Crippen molar-refractivity contribution >= 4 is 17.6 Å². The van der Waals surface area contributed by atoms with Crippen LogP contribution in [0.1, 0.15) is 22.8 Å². The van der Waals surface area contributed by atoms with E-state index in [9.17, 15) is 9.90 Å². The van der Waals surface area contributed by atoms with E-state index in [0.29, 0.717) is 5.02 Å². The third kappa shape index (κ3) is 3.67. The van der Waals surface area contributed by atoms with Gasteiger partial charge in [0, 0.05) is 10.6 Å². The minimum absolute atomic E-state index is 0.0773. The van der Waals surface area contributed by atoms with Crippen LogP contribution in [0.2, 0.25) is 5.02 Å². The van der Waals surface area contributed by atoms with Crippen molar-refractivity contribution in [3.05, 3.63) is 58.6 Å². The zero-order valence-electron chi connectivity index (χ0n) is 11.5. The summed E-state index contributed by atoms with van der Waals surface area (Å²) in [6, 6.07) is 11.9. The lowest BCUT2D eigenvalue weighted by atomic mass is 10.2. The van der Waals surface area contributed by atoms with Gasteiger partial charge in [-0.3, -0.25) is 0 Å². The molecule has 0 aromatic heterocycles. The first kappa shape index (κ1) is 15.2. The highest BCUT2D eigenvalue weighted by Gasteiger charge is 2.16. The summed E-state index contributed by atoms with van der Waals surface area (Å²) in [6.07, 6.45) is 0. The molecule has 2 aromatic carbocycles. The maximum Gasteiger partial charge on any atom is 0.342 e. The van der Waals surface area contributed by atoms with Crippen molar-refractivity contribution in [1.29, 1.82) is 0 Å². The van der Waals surface area contributed by atoms with Crippen molar-refractivity contribution in [2.75, 3.05) is 6.61 Å². The number of benzene rings is 2. The van der Waals surface area contributed by atoms with Crippen LogP contribution in [0.25, 0.3) is 0 Å². The molecule has 110 valence electrons. The Balaban J connectivity index is 2.16. The van der Waals surface area contributed by atoms with Crippen molar-refractivity contribution in [2.24, 2.45) is 0 Å². The van der Waals surface area contributed by atoms with Gasteiger partial charge in [0.25, 0.3) is 0 Å². The van der Waals surface area contributed by atoms with Crippen molar-refractivity contribution < 1.29 is 19.4 Å². The van der Waals surface area contributed by atoms with Gasteiger partial charge in [0.15, 0.2) is 11.5 Å². The second-order valence-corrected chi connectivity index (χ2v) is 4.66. The Labute approximate surface area is 127 Å². The van der Waals surface area contributed by atoms with Crippen molar-refractivity contribution in [2.45, 2.75) is 13.5 Å². The Morgan fingerprint density at radius 1 is 1.19 bits per heavy atom. The Kier molecular flexibility index (Phi) is 5.06. The standard InChI is InChI=1S/C16H15ClO4/c1-2-20-16(19)12-7-5-9-14(15(12)18)21-10-11-6-3-4-8-13(11)17/h3-9,18H,2,10H2,1H3. The molecule has 21 heavy (non-hydrogen) atoms. The molecule has 0 saturated carbocycles. The number of halogens is 1. The van der Waals surface area contributed by atoms with E-state index in [-0.39, 0.29) is 30.3 Å². The van der Waals surface area contributed by atoms with Crippen LogP contribution in [0.3, 0.4) is 0 Å². The highest BCUT2D eigenvalue weighted by Crippen LogP contribution is 2.31. The van der Waals surface area contributed by atoms with E-state index in [2.05, 4.69) is 0 Å². The summed E-state index contributed by atoms with van der Waals surface area (Å²) < 4.78 is 10.4. The van der Waals surface area contributed by atoms with Crippen LogP contribution in [0.15, 0.2) is 42.5 Å². The molecule has 0 aliphatic carbocycles. The predicted molar refractivity (Wildman–Crippen MR) is 79.8 cm³/mol. The van der Waals surface area contributed by atoms with Gasteiger partial charge < -0.3 is 14.6 Å². The number of ether oxygens (including phenoxy) is 2. The van der Waals surface area contributed by atoms with Gasteiger partial charge in [-0.05, 0) is 25.1 Å². The van der Waals surface area contributed by atoms with E-state index >= 15 is 0 Å². The fraction of sp³-hybridized carbons (Fsp3) is 0.188. The highest BCUT2D eigenvalue weighted by molar-refractivity contribution is 6.31. The number of aromatic hydroxyl groups is 1. The number of hydrogen-bond acceptors (Lipinski definition) is 4. The number of rotatable bonds is 5. The number of carbonyl (C=O) groups is 1. The molecule has 0 spiro atoms. The molecule has 1 N–H and O–H groups in total. The van der Waals surface area contributed by atoms with E-state index < -0.39 is 5.97 Å². The Bertz CT molecular complexity index is 640. The molecular formula is C16H15ClO4. The molecule has 2 rings (SSSR count). The first-order valence-corrected chi connectivity index (χ1v) is 6.86. The molecule has 0 fully saturated rings. The SMILES string of the molecule is CCOC(=O)c1cccc(OCc2ccccc2Cl)c1O. The van der Waals surface area contributed by atoms with Crippen LogP contribution in [-0.2, 0) is 11.3 Å². The van der Waals surface area contributed by atoms with E-state index in [1.807, 2.05) is 18.2 Å². The summed E-state index contributed by atoms with van der Waals surface area (Å²) in [5.41, 5.74) is 0.869. The average Bonchev–Trinajstić information content (AvgIpc) is 2.48. The molecule has 5 heteroatoms. The summed E-state index contributed by atoms with van der Waals surface area (Å²) in [5.74, 6) is -0.610. The molecule has 4 nitrogen and oxygen atoms in total. The molecule has 0 heterocycles. The van der Waals surface area contributed by atoms with E-state index in [4.69, 9.17) is 21.1 Å². The van der Waals surface area contributed by atoms with Crippen molar-refractivity contribution in [1.82, 2.24) is 0 Å². The van der Waals surface area contributed by atoms with Gasteiger partial charge in [-0.25, -0.2) is 4.79 Å². The first-order valence-electron chi connectivity index (χ1n) is 6.48. The van der Waals surface area contributed by atoms with Crippen LogP contribution in [0.5, 0.6) is 11.5 Å². The Morgan fingerprint density at radius 3 is 2.67 bits per heavy atom. The Hall–Kier alpha value is -2.20. The molecule has 0 bridgehead atoms. The van der Waals surface area contributed by atoms with Gasteiger partial charge in [0.05, 0.1) is 6.61 Å². The molecule has 0 aliphatic heterocycles. The van der Waals surface area contributed by atoms with Gasteiger partial charge in [-0.1, -0.05) is 35.9 Å². The third-order valence-corrected chi connectivity index (χ3v) is 3.20. The maximum atomic E-state index is 11.7. The third-order valence-electron chi connectivity index (χ3n) is 2.84. The van der Waals surface area contributed by atoms with Gasteiger partial charge in [-0.2, -0.15) is 0 Å². The zero-order chi connectivity index (χ0) is 15.2. The van der Waals surface area contributed by atoms with Gasteiger partial charge >= 0.3 is 5.97 Å². The first-order chi connectivity index (χ1) is 10.1. The maximum absolute atomic E-state index is 11.7. The highest BCUT2D eigenvalue weighted by atomic mass is 35.5. The fourth-order valence-electron chi connectivity index (χ4n) is 1.78. The molecule has 0 amide bonds. The largest absolute Gasteiger partial charge is 0.504 e. The minimum atomic E-state index is -0.585. The minimum Gasteiger partial charge on any atom is -0.504 e. The topological polar surface area (TPSA) is 55.8 Å². The lowest BCUT2D eigenvalue weighted by Gasteiger charge is -2.11. The summed E-state index contributed by atoms with van der Waals surface area (Å²) in [5, 5.41) is 10.7. The van der Waals surface area contributed by atoms with Gasteiger partial charge in [0.2, 0.25) is 0 Å². The lowest BCUT2D eigenvalue weighted by Crippen LogP contribution is -2.06. The number of para-hydroxylation sites is 1. The fourth-order valence-corrected chi connectivity index (χ4v) is 1.97. The zero-order valence-corrected chi connectivity index (χ0v) is 12.3. The number of hydrogen-bond donors (Lipinski definition) is 1. The average molecular weight is 307 g/mol. The summed E-state index contributed by atoms with van der Waals surface area (Å²) in [6.45, 7) is 2.13. The van der Waals surface area contributed by atoms with Crippen LogP contribution >= 0.6 is 11.6 Å². The molecule has 0 radical (unpaired) electrons. The van der Waals surface area contributed by atoms with Crippen LogP contribution < -0.4 is 4.74 Å². The number of phenolic OH excluding ortho intramolecular Hbond substituents is 1. The summed E-state index contributed by atoms with van der Waals surface area (Å²) >= 11 is 6.04. The normalized spacial score (nSPS) is 10.2. The molecule has 2 aromatic rings. The molecule has 0 saturated heterocycles. The summed E-state index contributed by atoms with van der Waals surface area (Å²) in [7, 11) is 0. The second-order valence-electron chi connectivity index (χ2n) is 4.25. The van der Waals surface area contributed by atoms with Gasteiger partial charge in [-0.15, -0.1) is 0 Å². The van der Waals surface area contributed by atoms with Gasteiger partial charge in [0.1, 0.15) is 12.2 Å². The van der Waals surface area contributed by atoms with Crippen molar-refractivity contribution in [3.8, 4) is 11.5 Å². The van der Waals surface area contributed by atoms with Crippen LogP contribution in [0, 0.1) is 0 Å². The van der Waals surface area contributed by atoms with Crippen molar-refractivity contribution in [3.63, 3.8) is 0 Å². The molecule has 0 unspecified atom stereocenters. The van der Waals surface area contributed by atoms with Crippen LogP contribution in [0.4, 0.5) is 0 Å². The smallest absolute Gasteiger partial charge is 0.342 e. The monoisotopic (exact) mass is 306 g/mol. The van der Waals surface area contributed by atoms with E-state index in [0.717, 1.165) is 5.56 Å². The quantitative estimate of drug-likeness (QED) is 0.854. The number of esters is 1. The second kappa shape index (κ2) is 6.99. The predicted octanol–water partition coefficient (Wildman–Crippen LogP) is 3.80. The Morgan fingerprint density at radius 2 is 1.95 bits per heavy atom. The van der Waals surface area contributed by atoms with E-state index in [1.54, 1.807) is 25.1 Å². The lowest BCUT2D eigenvalue weighted by molar-refractivity contribution is 0.0522. The number of phenols is 1.